The third-order valence-corrected chi connectivity index (χ3v) is 3.45. The maximum absolute atomic E-state index is 12.4. The van der Waals surface area contributed by atoms with Crippen LogP contribution >= 0.6 is 0 Å². The molecule has 0 bridgehead atoms. The number of hydrogen-bond acceptors (Lipinski definition) is 4. The van der Waals surface area contributed by atoms with E-state index >= 15 is 0 Å². The van der Waals surface area contributed by atoms with Crippen LogP contribution in [0.2, 0.25) is 0 Å². The Hall–Kier alpha value is -2.82. The third-order valence-electron chi connectivity index (χ3n) is 3.45. The molecule has 0 saturated carbocycles. The zero-order valence-electron chi connectivity index (χ0n) is 13.3. The van der Waals surface area contributed by atoms with Crippen LogP contribution in [0.5, 0.6) is 0 Å². The molecule has 2 aromatic rings. The monoisotopic (exact) mass is 312 g/mol. The van der Waals surface area contributed by atoms with Crippen LogP contribution in [-0.2, 0) is 9.53 Å². The molecule has 0 spiro atoms. The lowest BCUT2D eigenvalue weighted by atomic mass is 10.2. The van der Waals surface area contributed by atoms with Crippen molar-refractivity contribution in [3.63, 3.8) is 0 Å². The molecular weight excluding hydrogens is 292 g/mol. The highest BCUT2D eigenvalue weighted by atomic mass is 16.5. The van der Waals surface area contributed by atoms with Crippen molar-refractivity contribution in [2.45, 2.75) is 6.92 Å². The summed E-state index contributed by atoms with van der Waals surface area (Å²) >= 11 is 0. The minimum atomic E-state index is -0.434. The largest absolute Gasteiger partial charge is 0.465 e. The standard InChI is InChI=1S/C18H20N2O3/c1-3-20(14-9-5-4-6-10-14)17(21)13-19-16-12-8-7-11-15(16)18(22)23-2/h4-12,19H,3,13H2,1-2H3. The van der Waals surface area contributed by atoms with Gasteiger partial charge < -0.3 is 15.0 Å². The number of esters is 1. The molecule has 2 rings (SSSR count). The number of rotatable bonds is 6. The van der Waals surface area contributed by atoms with Gasteiger partial charge >= 0.3 is 5.97 Å². The van der Waals surface area contributed by atoms with Crippen LogP contribution in [0.3, 0.4) is 0 Å². The molecule has 0 saturated heterocycles. The average Bonchev–Trinajstić information content (AvgIpc) is 2.61. The summed E-state index contributed by atoms with van der Waals surface area (Å²) in [5.41, 5.74) is 1.84. The molecule has 120 valence electrons. The number of amides is 1. The number of ether oxygens (including phenoxy) is 1. The van der Waals surface area contributed by atoms with Crippen LogP contribution in [0.15, 0.2) is 54.6 Å². The number of carbonyl (C=O) groups is 2. The van der Waals surface area contributed by atoms with E-state index in [1.165, 1.54) is 7.11 Å². The van der Waals surface area contributed by atoms with Crippen LogP contribution < -0.4 is 10.2 Å². The highest BCUT2D eigenvalue weighted by molar-refractivity contribution is 5.99. The molecule has 2 aromatic carbocycles. The number of nitrogens with zero attached hydrogens (tertiary/aromatic N) is 1. The average molecular weight is 312 g/mol. The van der Waals surface area contributed by atoms with Crippen molar-refractivity contribution in [3.05, 3.63) is 60.2 Å². The Morgan fingerprint density at radius 3 is 2.35 bits per heavy atom. The van der Waals surface area contributed by atoms with Crippen molar-refractivity contribution in [2.24, 2.45) is 0 Å². The summed E-state index contributed by atoms with van der Waals surface area (Å²) in [7, 11) is 1.33. The lowest BCUT2D eigenvalue weighted by Gasteiger charge is -2.21. The summed E-state index contributed by atoms with van der Waals surface area (Å²) in [6.45, 7) is 2.59. The first-order chi connectivity index (χ1) is 11.2. The number of likely N-dealkylation sites (N-methyl/N-ethyl adjacent to an activating group) is 1. The van der Waals surface area contributed by atoms with E-state index in [1.807, 2.05) is 37.3 Å². The van der Waals surface area contributed by atoms with Gasteiger partial charge in [0.2, 0.25) is 5.91 Å². The Morgan fingerprint density at radius 1 is 1.04 bits per heavy atom. The predicted octanol–water partition coefficient (Wildman–Crippen LogP) is 2.94. The highest BCUT2D eigenvalue weighted by Gasteiger charge is 2.15. The first-order valence-electron chi connectivity index (χ1n) is 7.44. The quantitative estimate of drug-likeness (QED) is 0.833. The fourth-order valence-corrected chi connectivity index (χ4v) is 2.30. The van der Waals surface area contributed by atoms with Gasteiger partial charge in [-0.15, -0.1) is 0 Å². The molecule has 0 aliphatic carbocycles. The van der Waals surface area contributed by atoms with Crippen molar-refractivity contribution in [1.82, 2.24) is 0 Å². The Kier molecular flexibility index (Phi) is 5.74. The summed E-state index contributed by atoms with van der Waals surface area (Å²) < 4.78 is 4.75. The maximum Gasteiger partial charge on any atom is 0.339 e. The number of nitrogens with one attached hydrogen (secondary N) is 1. The third kappa shape index (κ3) is 4.10. The van der Waals surface area contributed by atoms with Crippen molar-refractivity contribution < 1.29 is 14.3 Å². The SMILES string of the molecule is CCN(C(=O)CNc1ccccc1C(=O)OC)c1ccccc1. The van der Waals surface area contributed by atoms with Gasteiger partial charge in [-0.2, -0.15) is 0 Å². The molecule has 0 aromatic heterocycles. The minimum absolute atomic E-state index is 0.0710. The van der Waals surface area contributed by atoms with E-state index in [0.29, 0.717) is 17.8 Å². The molecule has 5 heteroatoms. The number of benzene rings is 2. The molecule has 0 atom stereocenters. The highest BCUT2D eigenvalue weighted by Crippen LogP contribution is 2.17. The van der Waals surface area contributed by atoms with E-state index in [1.54, 1.807) is 29.2 Å². The lowest BCUT2D eigenvalue weighted by molar-refractivity contribution is -0.116. The first kappa shape index (κ1) is 16.5. The van der Waals surface area contributed by atoms with Gasteiger partial charge in [0.1, 0.15) is 0 Å². The summed E-state index contributed by atoms with van der Waals surface area (Å²) in [6, 6.07) is 16.4. The van der Waals surface area contributed by atoms with Gasteiger partial charge in [0.15, 0.2) is 0 Å². The molecule has 0 unspecified atom stereocenters. The van der Waals surface area contributed by atoms with E-state index in [4.69, 9.17) is 4.74 Å². The van der Waals surface area contributed by atoms with Gasteiger partial charge in [0.25, 0.3) is 0 Å². The van der Waals surface area contributed by atoms with Crippen LogP contribution in [0.25, 0.3) is 0 Å². The van der Waals surface area contributed by atoms with Gasteiger partial charge in [-0.25, -0.2) is 4.79 Å². The molecule has 0 radical (unpaired) electrons. The second kappa shape index (κ2) is 7.98. The Bertz CT molecular complexity index is 671. The lowest BCUT2D eigenvalue weighted by Crippen LogP contribution is -2.35. The Morgan fingerprint density at radius 2 is 1.70 bits per heavy atom. The molecule has 23 heavy (non-hydrogen) atoms. The van der Waals surface area contributed by atoms with Crippen molar-refractivity contribution >= 4 is 23.3 Å². The number of anilines is 2. The smallest absolute Gasteiger partial charge is 0.339 e. The predicted molar refractivity (Wildman–Crippen MR) is 90.7 cm³/mol. The Labute approximate surface area is 135 Å². The van der Waals surface area contributed by atoms with Crippen molar-refractivity contribution in [1.29, 1.82) is 0 Å². The maximum atomic E-state index is 12.4. The summed E-state index contributed by atoms with van der Waals surface area (Å²) in [5.74, 6) is -0.505. The van der Waals surface area contributed by atoms with Crippen LogP contribution in [-0.4, -0.2) is 32.1 Å². The van der Waals surface area contributed by atoms with E-state index in [-0.39, 0.29) is 12.5 Å². The first-order valence-corrected chi connectivity index (χ1v) is 7.44. The van der Waals surface area contributed by atoms with Gasteiger partial charge in [-0.3, -0.25) is 4.79 Å². The molecule has 1 N–H and O–H groups in total. The van der Waals surface area contributed by atoms with Crippen molar-refractivity contribution in [3.8, 4) is 0 Å². The Balaban J connectivity index is 2.08. The zero-order chi connectivity index (χ0) is 16.7. The summed E-state index contributed by atoms with van der Waals surface area (Å²) in [6.07, 6.45) is 0. The molecule has 5 nitrogen and oxygen atoms in total. The van der Waals surface area contributed by atoms with E-state index in [9.17, 15) is 9.59 Å². The number of methoxy groups -OCH3 is 1. The minimum Gasteiger partial charge on any atom is -0.465 e. The van der Waals surface area contributed by atoms with E-state index in [0.717, 1.165) is 5.69 Å². The van der Waals surface area contributed by atoms with Crippen LogP contribution in [0.1, 0.15) is 17.3 Å². The van der Waals surface area contributed by atoms with Crippen LogP contribution in [0, 0.1) is 0 Å². The topological polar surface area (TPSA) is 58.6 Å². The normalized spacial score (nSPS) is 10.0. The van der Waals surface area contributed by atoms with Gasteiger partial charge in [0.05, 0.1) is 19.2 Å². The fourth-order valence-electron chi connectivity index (χ4n) is 2.30. The zero-order valence-corrected chi connectivity index (χ0v) is 13.3. The van der Waals surface area contributed by atoms with E-state index < -0.39 is 5.97 Å². The second-order valence-electron chi connectivity index (χ2n) is 4.86. The second-order valence-corrected chi connectivity index (χ2v) is 4.86. The molecule has 0 aliphatic heterocycles. The van der Waals surface area contributed by atoms with Crippen molar-refractivity contribution in [2.75, 3.05) is 30.4 Å². The van der Waals surface area contributed by atoms with E-state index in [2.05, 4.69) is 5.32 Å². The summed E-state index contributed by atoms with van der Waals surface area (Å²) in [5, 5.41) is 3.02. The van der Waals surface area contributed by atoms with Gasteiger partial charge in [-0.1, -0.05) is 30.3 Å². The number of carbonyl (C=O) groups excluding carboxylic acids is 2. The molecule has 0 heterocycles. The van der Waals surface area contributed by atoms with Gasteiger partial charge in [0, 0.05) is 17.9 Å². The number of hydrogen-bond donors (Lipinski definition) is 1. The fraction of sp³-hybridized carbons (Fsp3) is 0.222. The molecular formula is C18H20N2O3. The molecule has 0 aliphatic rings. The molecule has 0 fully saturated rings. The van der Waals surface area contributed by atoms with Crippen LogP contribution in [0.4, 0.5) is 11.4 Å². The molecule has 1 amide bonds. The number of para-hydroxylation sites is 2. The summed E-state index contributed by atoms with van der Waals surface area (Å²) in [4.78, 5) is 25.9. The van der Waals surface area contributed by atoms with Gasteiger partial charge in [-0.05, 0) is 31.2 Å².